The predicted molar refractivity (Wildman–Crippen MR) is 90.8 cm³/mol. The summed E-state index contributed by atoms with van der Waals surface area (Å²) >= 11 is 0. The number of sulfonamides is 1. The molecule has 2 aromatic carbocycles. The summed E-state index contributed by atoms with van der Waals surface area (Å²) < 4.78 is 51.0. The number of halogens is 1. The van der Waals surface area contributed by atoms with Crippen LogP contribution in [0.1, 0.15) is 0 Å². The summed E-state index contributed by atoms with van der Waals surface area (Å²) in [6.45, 7) is -0.0899. The average molecular weight is 366 g/mol. The van der Waals surface area contributed by atoms with Crippen LogP contribution >= 0.6 is 0 Å². The number of hydrogen-bond donors (Lipinski definition) is 1. The molecule has 1 aromatic heterocycles. The van der Waals surface area contributed by atoms with E-state index in [-0.39, 0.29) is 12.4 Å². The fraction of sp³-hybridized carbons (Fsp3) is 0.188. The lowest BCUT2D eigenvalue weighted by molar-refractivity contribution is 0.340. The molecule has 0 aliphatic heterocycles. The zero-order valence-electron chi connectivity index (χ0n) is 13.2. The van der Waals surface area contributed by atoms with Crippen molar-refractivity contribution < 1.29 is 22.0 Å². The van der Waals surface area contributed by atoms with Crippen molar-refractivity contribution >= 4 is 26.8 Å². The number of nitrogens with zero attached hydrogens (tertiary/aromatic N) is 1. The molecule has 132 valence electrons. The molecular formula is C16H15FN2O5S. The van der Waals surface area contributed by atoms with Crippen molar-refractivity contribution in [3.63, 3.8) is 0 Å². The van der Waals surface area contributed by atoms with E-state index in [9.17, 15) is 17.6 Å². The minimum Gasteiger partial charge on any atom is -0.492 e. The van der Waals surface area contributed by atoms with Crippen LogP contribution < -0.4 is 15.2 Å². The van der Waals surface area contributed by atoms with Gasteiger partial charge in [-0.1, -0.05) is 0 Å². The first-order valence-corrected chi connectivity index (χ1v) is 8.98. The van der Waals surface area contributed by atoms with Crippen molar-refractivity contribution in [1.29, 1.82) is 0 Å². The molecule has 0 amide bonds. The fourth-order valence-corrected chi connectivity index (χ4v) is 3.11. The quantitative estimate of drug-likeness (QED) is 0.721. The molecule has 0 aliphatic carbocycles. The van der Waals surface area contributed by atoms with E-state index in [4.69, 9.17) is 9.15 Å². The van der Waals surface area contributed by atoms with E-state index in [1.807, 2.05) is 0 Å². The number of aromatic nitrogens is 1. The number of anilines is 1. The number of hydrogen-bond acceptors (Lipinski definition) is 5. The monoisotopic (exact) mass is 366 g/mol. The molecule has 0 unspecified atom stereocenters. The standard InChI is InChI=1S/C16H15FN2O5S/c1-19-14-10-12(4-7-15(14)24-16(19)20)18-25(21,22)9-8-23-13-5-2-11(17)3-6-13/h2-7,10,18H,8-9H2,1H3. The van der Waals surface area contributed by atoms with Crippen molar-refractivity contribution in [1.82, 2.24) is 4.57 Å². The first kappa shape index (κ1) is 17.0. The van der Waals surface area contributed by atoms with E-state index in [1.165, 1.54) is 54.1 Å². The van der Waals surface area contributed by atoms with E-state index in [2.05, 4.69) is 4.72 Å². The Labute approximate surface area is 142 Å². The molecule has 3 aromatic rings. The van der Waals surface area contributed by atoms with Gasteiger partial charge in [-0.3, -0.25) is 9.29 Å². The maximum atomic E-state index is 12.8. The average Bonchev–Trinajstić information content (AvgIpc) is 2.84. The maximum absolute atomic E-state index is 12.8. The van der Waals surface area contributed by atoms with Gasteiger partial charge in [0.2, 0.25) is 10.0 Å². The molecule has 0 aliphatic rings. The number of nitrogens with one attached hydrogen (secondary N) is 1. The molecule has 0 atom stereocenters. The minimum atomic E-state index is -3.65. The van der Waals surface area contributed by atoms with Gasteiger partial charge in [0.05, 0.1) is 11.2 Å². The summed E-state index contributed by atoms with van der Waals surface area (Å²) in [5.74, 6) is -0.827. The second-order valence-electron chi connectivity index (χ2n) is 5.33. The summed E-state index contributed by atoms with van der Waals surface area (Å²) in [7, 11) is -2.12. The van der Waals surface area contributed by atoms with Gasteiger partial charge in [0.15, 0.2) is 5.58 Å². The molecule has 1 N–H and O–H groups in total. The van der Waals surface area contributed by atoms with Gasteiger partial charge < -0.3 is 9.15 Å². The first-order valence-electron chi connectivity index (χ1n) is 7.32. The molecule has 7 nitrogen and oxygen atoms in total. The van der Waals surface area contributed by atoms with Gasteiger partial charge in [0.25, 0.3) is 0 Å². The molecule has 0 saturated heterocycles. The lowest BCUT2D eigenvalue weighted by Crippen LogP contribution is -2.21. The first-order chi connectivity index (χ1) is 11.8. The summed E-state index contributed by atoms with van der Waals surface area (Å²) in [6, 6.07) is 9.83. The SMILES string of the molecule is Cn1c(=O)oc2ccc(NS(=O)(=O)CCOc3ccc(F)cc3)cc21. The Morgan fingerprint density at radius 1 is 1.20 bits per heavy atom. The van der Waals surface area contributed by atoms with Crippen molar-refractivity contribution in [2.45, 2.75) is 0 Å². The van der Waals surface area contributed by atoms with Crippen LogP contribution in [0.5, 0.6) is 5.75 Å². The largest absolute Gasteiger partial charge is 0.492 e. The van der Waals surface area contributed by atoms with Crippen molar-refractivity contribution in [2.24, 2.45) is 7.05 Å². The van der Waals surface area contributed by atoms with Gasteiger partial charge in [-0.15, -0.1) is 0 Å². The molecule has 0 radical (unpaired) electrons. The van der Waals surface area contributed by atoms with Gasteiger partial charge >= 0.3 is 5.76 Å². The Morgan fingerprint density at radius 2 is 1.92 bits per heavy atom. The second-order valence-corrected chi connectivity index (χ2v) is 7.17. The highest BCUT2D eigenvalue weighted by Crippen LogP contribution is 2.19. The summed E-state index contributed by atoms with van der Waals surface area (Å²) in [6.07, 6.45) is 0. The molecule has 0 fully saturated rings. The normalized spacial score (nSPS) is 11.6. The van der Waals surface area contributed by atoms with Crippen LogP contribution in [-0.4, -0.2) is 25.3 Å². The lowest BCUT2D eigenvalue weighted by Gasteiger charge is -2.09. The highest BCUT2D eigenvalue weighted by Gasteiger charge is 2.13. The molecule has 0 spiro atoms. The molecule has 0 saturated carbocycles. The van der Waals surface area contributed by atoms with Gasteiger partial charge in [-0.25, -0.2) is 17.6 Å². The second kappa shape index (κ2) is 6.60. The lowest BCUT2D eigenvalue weighted by atomic mass is 10.3. The molecule has 1 heterocycles. The number of rotatable bonds is 6. The Hall–Kier alpha value is -2.81. The molecule has 25 heavy (non-hydrogen) atoms. The third-order valence-corrected chi connectivity index (χ3v) is 4.75. The molecule has 3 rings (SSSR count). The molecule has 9 heteroatoms. The Kier molecular flexibility index (Phi) is 4.49. The smallest absolute Gasteiger partial charge is 0.419 e. The van der Waals surface area contributed by atoms with Crippen LogP contribution in [-0.2, 0) is 17.1 Å². The molecule has 0 bridgehead atoms. The highest BCUT2D eigenvalue weighted by atomic mass is 32.2. The van der Waals surface area contributed by atoms with Crippen LogP contribution in [0.4, 0.5) is 10.1 Å². The maximum Gasteiger partial charge on any atom is 0.419 e. The van der Waals surface area contributed by atoms with E-state index in [0.29, 0.717) is 22.5 Å². The summed E-state index contributed by atoms with van der Waals surface area (Å²) in [5.41, 5.74) is 1.16. The predicted octanol–water partition coefficient (Wildman–Crippen LogP) is 2.09. The highest BCUT2D eigenvalue weighted by molar-refractivity contribution is 7.92. The van der Waals surface area contributed by atoms with Crippen LogP contribution in [0, 0.1) is 5.82 Å². The van der Waals surface area contributed by atoms with Gasteiger partial charge in [0, 0.05) is 7.05 Å². The number of benzene rings is 2. The van der Waals surface area contributed by atoms with Crippen molar-refractivity contribution in [2.75, 3.05) is 17.1 Å². The number of aryl methyl sites for hydroxylation is 1. The minimum absolute atomic E-state index is 0.0899. The van der Waals surface area contributed by atoms with E-state index >= 15 is 0 Å². The topological polar surface area (TPSA) is 90.5 Å². The van der Waals surface area contributed by atoms with Crippen LogP contribution in [0.2, 0.25) is 0 Å². The summed E-state index contributed by atoms with van der Waals surface area (Å²) in [5, 5.41) is 0. The zero-order valence-corrected chi connectivity index (χ0v) is 14.0. The van der Waals surface area contributed by atoms with Crippen molar-refractivity contribution in [3.8, 4) is 5.75 Å². The van der Waals surface area contributed by atoms with Gasteiger partial charge in [-0.2, -0.15) is 0 Å². The van der Waals surface area contributed by atoms with Gasteiger partial charge in [-0.05, 0) is 42.5 Å². The van der Waals surface area contributed by atoms with E-state index < -0.39 is 21.6 Å². The van der Waals surface area contributed by atoms with Crippen molar-refractivity contribution in [3.05, 3.63) is 58.8 Å². The number of oxazole rings is 1. The third kappa shape index (κ3) is 4.00. The number of ether oxygens (including phenoxy) is 1. The Bertz CT molecular complexity index is 1050. The Balaban J connectivity index is 1.65. The number of fused-ring (bicyclic) bond motifs is 1. The van der Waals surface area contributed by atoms with E-state index in [0.717, 1.165) is 0 Å². The third-order valence-electron chi connectivity index (χ3n) is 3.50. The summed E-state index contributed by atoms with van der Waals surface area (Å²) in [4.78, 5) is 11.4. The Morgan fingerprint density at radius 3 is 2.64 bits per heavy atom. The van der Waals surface area contributed by atoms with Crippen LogP contribution in [0.15, 0.2) is 51.7 Å². The van der Waals surface area contributed by atoms with E-state index in [1.54, 1.807) is 0 Å². The van der Waals surface area contributed by atoms with Crippen LogP contribution in [0.3, 0.4) is 0 Å². The zero-order chi connectivity index (χ0) is 18.0. The fourth-order valence-electron chi connectivity index (χ4n) is 2.22. The van der Waals surface area contributed by atoms with Crippen LogP contribution in [0.25, 0.3) is 11.1 Å². The van der Waals surface area contributed by atoms with Gasteiger partial charge in [0.1, 0.15) is 23.9 Å². The molecular weight excluding hydrogens is 351 g/mol.